The van der Waals surface area contributed by atoms with Crippen molar-refractivity contribution in [1.29, 1.82) is 0 Å². The lowest BCUT2D eigenvalue weighted by molar-refractivity contribution is -0.133. The van der Waals surface area contributed by atoms with Crippen LogP contribution in [0.2, 0.25) is 0 Å². The van der Waals surface area contributed by atoms with Crippen molar-refractivity contribution in [3.05, 3.63) is 11.7 Å². The second-order valence-electron chi connectivity index (χ2n) is 3.10. The summed E-state index contributed by atoms with van der Waals surface area (Å²) in [5.74, 6) is 0.965. The van der Waals surface area contributed by atoms with Gasteiger partial charge >= 0.3 is 6.18 Å². The topological polar surface area (TPSA) is 51.0 Å². The third-order valence-corrected chi connectivity index (χ3v) is 1.67. The van der Waals surface area contributed by atoms with E-state index < -0.39 is 12.6 Å². The zero-order valence-electron chi connectivity index (χ0n) is 8.26. The Balaban J connectivity index is 2.07. The van der Waals surface area contributed by atoms with Crippen molar-refractivity contribution < 1.29 is 17.7 Å². The molecule has 0 bridgehead atoms. The van der Waals surface area contributed by atoms with Crippen LogP contribution in [-0.4, -0.2) is 29.4 Å². The van der Waals surface area contributed by atoms with Gasteiger partial charge < -0.3 is 9.84 Å². The van der Waals surface area contributed by atoms with Gasteiger partial charge in [0, 0.05) is 19.5 Å². The van der Waals surface area contributed by atoms with Crippen LogP contribution in [0.1, 0.15) is 18.1 Å². The molecule has 1 rings (SSSR count). The second kappa shape index (κ2) is 5.11. The summed E-state index contributed by atoms with van der Waals surface area (Å²) in [6.07, 6.45) is -4.48. The summed E-state index contributed by atoms with van der Waals surface area (Å²) >= 11 is 0. The molecular formula is C8H12F3N3O. The molecule has 1 aromatic heterocycles. The number of alkyl halides is 3. The molecule has 0 amide bonds. The molecule has 0 saturated carbocycles. The summed E-state index contributed by atoms with van der Waals surface area (Å²) in [6, 6.07) is 0. The Morgan fingerprint density at radius 1 is 1.33 bits per heavy atom. The highest BCUT2D eigenvalue weighted by molar-refractivity contribution is 4.83. The Kier molecular flexibility index (Phi) is 4.07. The van der Waals surface area contributed by atoms with Crippen LogP contribution in [-0.2, 0) is 6.42 Å². The number of nitrogens with zero attached hydrogens (tertiary/aromatic N) is 2. The van der Waals surface area contributed by atoms with E-state index in [1.807, 2.05) is 0 Å². The first-order valence-electron chi connectivity index (χ1n) is 4.54. The fourth-order valence-electron chi connectivity index (χ4n) is 0.992. The van der Waals surface area contributed by atoms with Crippen molar-refractivity contribution in [3.8, 4) is 0 Å². The van der Waals surface area contributed by atoms with Crippen molar-refractivity contribution in [2.75, 3.05) is 13.1 Å². The van der Waals surface area contributed by atoms with E-state index in [-0.39, 0.29) is 6.54 Å². The molecular weight excluding hydrogens is 211 g/mol. The van der Waals surface area contributed by atoms with Gasteiger partial charge in [0.15, 0.2) is 5.82 Å². The number of aromatic nitrogens is 2. The maximum absolute atomic E-state index is 11.7. The molecule has 0 aliphatic rings. The highest BCUT2D eigenvalue weighted by Crippen LogP contribution is 2.17. The standard InChI is InChI=1S/C8H12F3N3O/c1-6-13-7(15-14-6)2-4-12-5-3-8(9,10)11/h12H,2-5H2,1H3. The van der Waals surface area contributed by atoms with Crippen molar-refractivity contribution >= 4 is 0 Å². The van der Waals surface area contributed by atoms with Gasteiger partial charge in [-0.2, -0.15) is 18.2 Å². The molecule has 1 heterocycles. The molecule has 0 radical (unpaired) electrons. The predicted octanol–water partition coefficient (Wildman–Crippen LogP) is 1.46. The van der Waals surface area contributed by atoms with Gasteiger partial charge in [-0.1, -0.05) is 5.16 Å². The van der Waals surface area contributed by atoms with E-state index in [9.17, 15) is 13.2 Å². The molecule has 1 aromatic rings. The maximum atomic E-state index is 11.7. The minimum absolute atomic E-state index is 0.0867. The van der Waals surface area contributed by atoms with Gasteiger partial charge in [0.25, 0.3) is 0 Å². The molecule has 0 atom stereocenters. The average Bonchev–Trinajstić information content (AvgIpc) is 2.49. The van der Waals surface area contributed by atoms with E-state index in [1.54, 1.807) is 6.92 Å². The number of rotatable bonds is 5. The summed E-state index contributed by atoms with van der Waals surface area (Å²) in [5, 5.41) is 6.21. The summed E-state index contributed by atoms with van der Waals surface area (Å²) in [4.78, 5) is 3.92. The highest BCUT2D eigenvalue weighted by Gasteiger charge is 2.25. The molecule has 15 heavy (non-hydrogen) atoms. The van der Waals surface area contributed by atoms with E-state index >= 15 is 0 Å². The smallest absolute Gasteiger partial charge is 0.339 e. The first kappa shape index (κ1) is 12.0. The van der Waals surface area contributed by atoms with Gasteiger partial charge in [0.2, 0.25) is 5.89 Å². The van der Waals surface area contributed by atoms with Crippen LogP contribution < -0.4 is 5.32 Å². The molecule has 0 spiro atoms. The van der Waals surface area contributed by atoms with E-state index in [4.69, 9.17) is 4.52 Å². The number of halogens is 3. The Hall–Kier alpha value is -1.11. The van der Waals surface area contributed by atoms with E-state index in [0.717, 1.165) is 0 Å². The van der Waals surface area contributed by atoms with Crippen LogP contribution in [0.5, 0.6) is 0 Å². The minimum Gasteiger partial charge on any atom is -0.339 e. The monoisotopic (exact) mass is 223 g/mol. The molecule has 0 fully saturated rings. The Labute approximate surface area is 84.9 Å². The van der Waals surface area contributed by atoms with Crippen LogP contribution >= 0.6 is 0 Å². The van der Waals surface area contributed by atoms with Gasteiger partial charge in [-0.15, -0.1) is 0 Å². The van der Waals surface area contributed by atoms with Crippen LogP contribution in [0, 0.1) is 6.92 Å². The molecule has 4 nitrogen and oxygen atoms in total. The van der Waals surface area contributed by atoms with Gasteiger partial charge in [-0.25, -0.2) is 0 Å². The van der Waals surface area contributed by atoms with Gasteiger partial charge in [0.05, 0.1) is 6.42 Å². The van der Waals surface area contributed by atoms with Crippen molar-refractivity contribution in [3.63, 3.8) is 0 Å². The number of nitrogens with one attached hydrogen (secondary N) is 1. The third kappa shape index (κ3) is 5.36. The molecule has 0 aliphatic carbocycles. The van der Waals surface area contributed by atoms with Gasteiger partial charge in [0.1, 0.15) is 0 Å². The Bertz CT molecular complexity index is 298. The molecule has 7 heteroatoms. The van der Waals surface area contributed by atoms with Crippen molar-refractivity contribution in [2.24, 2.45) is 0 Å². The van der Waals surface area contributed by atoms with Crippen molar-refractivity contribution in [2.45, 2.75) is 25.9 Å². The highest BCUT2D eigenvalue weighted by atomic mass is 19.4. The largest absolute Gasteiger partial charge is 0.390 e. The number of aryl methyl sites for hydroxylation is 1. The van der Waals surface area contributed by atoms with Crippen molar-refractivity contribution in [1.82, 2.24) is 15.5 Å². The number of hydrogen-bond acceptors (Lipinski definition) is 4. The zero-order valence-corrected chi connectivity index (χ0v) is 8.26. The average molecular weight is 223 g/mol. The lowest BCUT2D eigenvalue weighted by Crippen LogP contribution is -2.23. The Morgan fingerprint density at radius 3 is 2.60 bits per heavy atom. The molecule has 0 aliphatic heterocycles. The quantitative estimate of drug-likeness (QED) is 0.768. The van der Waals surface area contributed by atoms with Crippen LogP contribution in [0.25, 0.3) is 0 Å². The van der Waals surface area contributed by atoms with Gasteiger partial charge in [-0.3, -0.25) is 0 Å². The normalized spacial score (nSPS) is 12.0. The summed E-state index contributed by atoms with van der Waals surface area (Å²) < 4.78 is 40.0. The zero-order chi connectivity index (χ0) is 11.3. The minimum atomic E-state index is -4.10. The second-order valence-corrected chi connectivity index (χ2v) is 3.10. The van der Waals surface area contributed by atoms with Crippen LogP contribution in [0.4, 0.5) is 13.2 Å². The molecule has 0 saturated heterocycles. The number of hydrogen-bond donors (Lipinski definition) is 1. The fourth-order valence-corrected chi connectivity index (χ4v) is 0.992. The molecule has 1 N–H and O–H groups in total. The summed E-state index contributed by atoms with van der Waals surface area (Å²) in [7, 11) is 0. The van der Waals surface area contributed by atoms with E-state index in [0.29, 0.717) is 24.7 Å². The van der Waals surface area contributed by atoms with Gasteiger partial charge in [-0.05, 0) is 6.92 Å². The van der Waals surface area contributed by atoms with E-state index in [1.165, 1.54) is 0 Å². The summed E-state index contributed by atoms with van der Waals surface area (Å²) in [6.45, 7) is 2.00. The lowest BCUT2D eigenvalue weighted by Gasteiger charge is -2.06. The molecule has 86 valence electrons. The fraction of sp³-hybridized carbons (Fsp3) is 0.750. The molecule has 0 unspecified atom stereocenters. The first-order valence-corrected chi connectivity index (χ1v) is 4.54. The van der Waals surface area contributed by atoms with E-state index in [2.05, 4.69) is 15.5 Å². The predicted molar refractivity (Wildman–Crippen MR) is 46.3 cm³/mol. The van der Waals surface area contributed by atoms with Crippen LogP contribution in [0.15, 0.2) is 4.52 Å². The third-order valence-electron chi connectivity index (χ3n) is 1.67. The van der Waals surface area contributed by atoms with Crippen LogP contribution in [0.3, 0.4) is 0 Å². The molecule has 0 aromatic carbocycles. The Morgan fingerprint density at radius 2 is 2.07 bits per heavy atom. The first-order chi connectivity index (χ1) is 6.97. The SMILES string of the molecule is Cc1noc(CCNCCC(F)(F)F)n1. The maximum Gasteiger partial charge on any atom is 0.390 e. The summed E-state index contributed by atoms with van der Waals surface area (Å²) in [5.41, 5.74) is 0. The lowest BCUT2D eigenvalue weighted by atomic mass is 10.4.